The molecule has 0 saturated carbocycles. The topological polar surface area (TPSA) is 3.24 Å². The lowest BCUT2D eigenvalue weighted by molar-refractivity contribution is 0.174. The third-order valence-electron chi connectivity index (χ3n) is 6.00. The second-order valence-electron chi connectivity index (χ2n) is 8.32. The molecule has 0 aromatic carbocycles. The van der Waals surface area contributed by atoms with E-state index in [1.807, 2.05) is 0 Å². The van der Waals surface area contributed by atoms with E-state index in [2.05, 4.69) is 18.7 Å². The molecule has 144 valence electrons. The van der Waals surface area contributed by atoms with E-state index in [1.165, 1.54) is 129 Å². The van der Waals surface area contributed by atoms with E-state index in [0.29, 0.717) is 0 Å². The second kappa shape index (κ2) is 16.4. The van der Waals surface area contributed by atoms with Crippen LogP contribution in [-0.4, -0.2) is 24.5 Å². The Kier molecular flexibility index (Phi) is 15.1. The van der Waals surface area contributed by atoms with Crippen LogP contribution in [0, 0.1) is 5.92 Å². The highest BCUT2D eigenvalue weighted by molar-refractivity contribution is 4.72. The van der Waals surface area contributed by atoms with E-state index in [1.54, 1.807) is 0 Å². The van der Waals surface area contributed by atoms with Crippen LogP contribution in [0.2, 0.25) is 0 Å². The number of likely N-dealkylation sites (tertiary alicyclic amines) is 1. The molecule has 1 heterocycles. The fraction of sp³-hybridized carbons (Fsp3) is 1.00. The molecule has 0 aliphatic carbocycles. The van der Waals surface area contributed by atoms with Crippen molar-refractivity contribution in [3.63, 3.8) is 0 Å². The molecule has 1 aliphatic heterocycles. The Labute approximate surface area is 154 Å². The van der Waals surface area contributed by atoms with E-state index in [-0.39, 0.29) is 0 Å². The Balaban J connectivity index is 1.85. The SMILES string of the molecule is CCCCCCCCCCN1CCC(CCCCCCCC)CC1. The van der Waals surface area contributed by atoms with E-state index in [4.69, 9.17) is 0 Å². The third-order valence-corrected chi connectivity index (χ3v) is 6.00. The smallest absolute Gasteiger partial charge is 0.00161 e. The van der Waals surface area contributed by atoms with Gasteiger partial charge >= 0.3 is 0 Å². The molecule has 0 N–H and O–H groups in total. The lowest BCUT2D eigenvalue weighted by Gasteiger charge is -2.32. The highest BCUT2D eigenvalue weighted by atomic mass is 15.1. The van der Waals surface area contributed by atoms with Crippen LogP contribution in [0.4, 0.5) is 0 Å². The summed E-state index contributed by atoms with van der Waals surface area (Å²) < 4.78 is 0. The predicted molar refractivity (Wildman–Crippen MR) is 110 cm³/mol. The van der Waals surface area contributed by atoms with Gasteiger partial charge in [0.25, 0.3) is 0 Å². The summed E-state index contributed by atoms with van der Waals surface area (Å²) in [5.74, 6) is 1.05. The highest BCUT2D eigenvalue weighted by Gasteiger charge is 2.18. The summed E-state index contributed by atoms with van der Waals surface area (Å²) in [6.07, 6.45) is 24.8. The average molecular weight is 338 g/mol. The van der Waals surface area contributed by atoms with E-state index in [0.717, 1.165) is 5.92 Å². The molecule has 0 unspecified atom stereocenters. The van der Waals surface area contributed by atoms with Crippen LogP contribution >= 0.6 is 0 Å². The number of unbranched alkanes of at least 4 members (excludes halogenated alkanes) is 12. The molecule has 24 heavy (non-hydrogen) atoms. The molecule has 1 rings (SSSR count). The van der Waals surface area contributed by atoms with Crippen molar-refractivity contribution in [2.45, 2.75) is 123 Å². The van der Waals surface area contributed by atoms with Gasteiger partial charge in [-0.25, -0.2) is 0 Å². The molecule has 0 radical (unpaired) electrons. The van der Waals surface area contributed by atoms with Gasteiger partial charge < -0.3 is 4.90 Å². The molecule has 1 saturated heterocycles. The van der Waals surface area contributed by atoms with Crippen molar-refractivity contribution in [3.8, 4) is 0 Å². The molecule has 0 aromatic rings. The fourth-order valence-electron chi connectivity index (χ4n) is 4.18. The molecular formula is C23H47N. The minimum atomic E-state index is 1.05. The Hall–Kier alpha value is -0.0400. The Morgan fingerprint density at radius 3 is 1.58 bits per heavy atom. The molecule has 0 bridgehead atoms. The van der Waals surface area contributed by atoms with Crippen LogP contribution in [0.1, 0.15) is 123 Å². The maximum absolute atomic E-state index is 2.74. The Bertz CT molecular complexity index is 242. The first-order chi connectivity index (χ1) is 11.9. The van der Waals surface area contributed by atoms with Gasteiger partial charge in [0.2, 0.25) is 0 Å². The monoisotopic (exact) mass is 337 g/mol. The van der Waals surface area contributed by atoms with Crippen molar-refractivity contribution in [2.75, 3.05) is 19.6 Å². The number of rotatable bonds is 16. The largest absolute Gasteiger partial charge is 0.303 e. The number of nitrogens with zero attached hydrogens (tertiary/aromatic N) is 1. The molecule has 1 aliphatic rings. The fourth-order valence-corrected chi connectivity index (χ4v) is 4.18. The van der Waals surface area contributed by atoms with Gasteiger partial charge in [0, 0.05) is 0 Å². The molecule has 1 heteroatoms. The Morgan fingerprint density at radius 2 is 1.04 bits per heavy atom. The zero-order chi connectivity index (χ0) is 17.3. The lowest BCUT2D eigenvalue weighted by atomic mass is 9.91. The second-order valence-corrected chi connectivity index (χ2v) is 8.32. The summed E-state index contributed by atoms with van der Waals surface area (Å²) in [5, 5.41) is 0. The average Bonchev–Trinajstić information content (AvgIpc) is 2.61. The number of hydrogen-bond donors (Lipinski definition) is 0. The van der Waals surface area contributed by atoms with Crippen LogP contribution in [0.3, 0.4) is 0 Å². The third kappa shape index (κ3) is 12.3. The van der Waals surface area contributed by atoms with Crippen molar-refractivity contribution >= 4 is 0 Å². The maximum Gasteiger partial charge on any atom is -0.00161 e. The normalized spacial score (nSPS) is 16.8. The van der Waals surface area contributed by atoms with E-state index < -0.39 is 0 Å². The molecule has 0 amide bonds. The number of hydrogen-bond acceptors (Lipinski definition) is 1. The van der Waals surface area contributed by atoms with Gasteiger partial charge in [-0.2, -0.15) is 0 Å². The van der Waals surface area contributed by atoms with Gasteiger partial charge in [0.05, 0.1) is 0 Å². The molecule has 0 aromatic heterocycles. The highest BCUT2D eigenvalue weighted by Crippen LogP contribution is 2.23. The van der Waals surface area contributed by atoms with E-state index in [9.17, 15) is 0 Å². The molecule has 1 nitrogen and oxygen atoms in total. The quantitative estimate of drug-likeness (QED) is 0.262. The van der Waals surface area contributed by atoms with Crippen molar-refractivity contribution in [1.29, 1.82) is 0 Å². The van der Waals surface area contributed by atoms with E-state index >= 15 is 0 Å². The molecular weight excluding hydrogens is 290 g/mol. The standard InChI is InChI=1S/C23H47N/c1-3-5-7-9-11-12-14-16-20-24-21-18-23(19-22-24)17-15-13-10-8-6-4-2/h23H,3-22H2,1-2H3. The first-order valence-corrected chi connectivity index (χ1v) is 11.6. The van der Waals surface area contributed by atoms with Gasteiger partial charge in [0.1, 0.15) is 0 Å². The van der Waals surface area contributed by atoms with Crippen LogP contribution in [-0.2, 0) is 0 Å². The van der Waals surface area contributed by atoms with Crippen LogP contribution in [0.25, 0.3) is 0 Å². The van der Waals surface area contributed by atoms with Gasteiger partial charge in [-0.05, 0) is 44.8 Å². The number of piperidine rings is 1. The summed E-state index contributed by atoms with van der Waals surface area (Å²) in [6.45, 7) is 8.75. The molecule has 0 spiro atoms. The van der Waals surface area contributed by atoms with Gasteiger partial charge in [0.15, 0.2) is 0 Å². The van der Waals surface area contributed by atoms with Crippen LogP contribution in [0.5, 0.6) is 0 Å². The first-order valence-electron chi connectivity index (χ1n) is 11.6. The first kappa shape index (κ1) is 22.0. The predicted octanol–water partition coefficient (Wildman–Crippen LogP) is 7.59. The van der Waals surface area contributed by atoms with Gasteiger partial charge in [-0.3, -0.25) is 0 Å². The molecule has 0 atom stereocenters. The van der Waals surface area contributed by atoms with Crippen molar-refractivity contribution in [2.24, 2.45) is 5.92 Å². The van der Waals surface area contributed by atoms with Crippen LogP contribution in [0.15, 0.2) is 0 Å². The summed E-state index contributed by atoms with van der Waals surface area (Å²) in [5.41, 5.74) is 0. The summed E-state index contributed by atoms with van der Waals surface area (Å²) in [4.78, 5) is 2.74. The summed E-state index contributed by atoms with van der Waals surface area (Å²) in [7, 11) is 0. The Morgan fingerprint density at radius 1 is 0.583 bits per heavy atom. The minimum Gasteiger partial charge on any atom is -0.303 e. The zero-order valence-corrected chi connectivity index (χ0v) is 17.2. The van der Waals surface area contributed by atoms with Crippen molar-refractivity contribution in [3.05, 3.63) is 0 Å². The van der Waals surface area contributed by atoms with Crippen molar-refractivity contribution < 1.29 is 0 Å². The van der Waals surface area contributed by atoms with Crippen LogP contribution < -0.4 is 0 Å². The summed E-state index contributed by atoms with van der Waals surface area (Å²) >= 11 is 0. The summed E-state index contributed by atoms with van der Waals surface area (Å²) in [6, 6.07) is 0. The lowest BCUT2D eigenvalue weighted by Crippen LogP contribution is -2.34. The minimum absolute atomic E-state index is 1.05. The van der Waals surface area contributed by atoms with Crippen molar-refractivity contribution in [1.82, 2.24) is 4.90 Å². The molecule has 1 fully saturated rings. The maximum atomic E-state index is 2.74. The zero-order valence-electron chi connectivity index (χ0n) is 17.2. The van der Waals surface area contributed by atoms with Gasteiger partial charge in [-0.1, -0.05) is 104 Å². The van der Waals surface area contributed by atoms with Gasteiger partial charge in [-0.15, -0.1) is 0 Å².